The quantitative estimate of drug-likeness (QED) is 0.860. The van der Waals surface area contributed by atoms with E-state index in [9.17, 15) is 4.79 Å². The van der Waals surface area contributed by atoms with Crippen LogP contribution in [-0.4, -0.2) is 54.5 Å². The van der Waals surface area contributed by atoms with E-state index in [0.29, 0.717) is 17.0 Å². The molecule has 1 aromatic rings. The van der Waals surface area contributed by atoms with Gasteiger partial charge in [-0.3, -0.25) is 4.79 Å². The van der Waals surface area contributed by atoms with Crippen molar-refractivity contribution in [2.75, 3.05) is 38.5 Å². The molecule has 2 N–H and O–H groups in total. The summed E-state index contributed by atoms with van der Waals surface area (Å²) in [6.45, 7) is 10.5. The van der Waals surface area contributed by atoms with Crippen LogP contribution in [0.15, 0.2) is 18.2 Å². The fourth-order valence-electron chi connectivity index (χ4n) is 2.49. The Morgan fingerprint density at radius 1 is 1.29 bits per heavy atom. The van der Waals surface area contributed by atoms with Crippen LogP contribution in [0.25, 0.3) is 0 Å². The van der Waals surface area contributed by atoms with E-state index in [2.05, 4.69) is 11.8 Å². The summed E-state index contributed by atoms with van der Waals surface area (Å²) in [6, 6.07) is 5.29. The molecule has 21 heavy (non-hydrogen) atoms. The van der Waals surface area contributed by atoms with Gasteiger partial charge < -0.3 is 20.3 Å². The first-order valence-electron chi connectivity index (χ1n) is 7.59. The van der Waals surface area contributed by atoms with Gasteiger partial charge in [0.15, 0.2) is 0 Å². The third kappa shape index (κ3) is 3.88. The van der Waals surface area contributed by atoms with Crippen LogP contribution in [0.4, 0.5) is 5.69 Å². The minimum absolute atomic E-state index is 0.0496. The van der Waals surface area contributed by atoms with Gasteiger partial charge in [0.25, 0.3) is 5.91 Å². The lowest BCUT2D eigenvalue weighted by atomic mass is 10.1. The van der Waals surface area contributed by atoms with Gasteiger partial charge in [-0.15, -0.1) is 0 Å². The summed E-state index contributed by atoms with van der Waals surface area (Å²) in [5, 5.41) is 0. The second kappa shape index (κ2) is 6.80. The lowest BCUT2D eigenvalue weighted by molar-refractivity contribution is 0.0643. The number of benzene rings is 1. The van der Waals surface area contributed by atoms with Crippen molar-refractivity contribution in [2.24, 2.45) is 0 Å². The SMILES string of the molecule is CCN1CCN(C(=O)c2ccc(OC(C)C)c(N)c2)CC1. The zero-order valence-electron chi connectivity index (χ0n) is 13.1. The second-order valence-electron chi connectivity index (χ2n) is 5.65. The number of likely N-dealkylation sites (N-methyl/N-ethyl adjacent to an activating group) is 1. The van der Waals surface area contributed by atoms with Crippen molar-refractivity contribution >= 4 is 11.6 Å². The Morgan fingerprint density at radius 3 is 2.48 bits per heavy atom. The van der Waals surface area contributed by atoms with Crippen LogP contribution in [0.1, 0.15) is 31.1 Å². The molecule has 0 bridgehead atoms. The zero-order valence-corrected chi connectivity index (χ0v) is 13.1. The Kier molecular flexibility index (Phi) is 5.07. The average molecular weight is 291 g/mol. The number of piperazine rings is 1. The van der Waals surface area contributed by atoms with E-state index in [0.717, 1.165) is 32.7 Å². The van der Waals surface area contributed by atoms with Gasteiger partial charge in [0.2, 0.25) is 0 Å². The Bertz CT molecular complexity index is 494. The minimum atomic E-state index is 0.0496. The number of carbonyl (C=O) groups excluding carboxylic acids is 1. The summed E-state index contributed by atoms with van der Waals surface area (Å²) in [4.78, 5) is 16.7. The van der Waals surface area contributed by atoms with Crippen molar-refractivity contribution in [3.05, 3.63) is 23.8 Å². The van der Waals surface area contributed by atoms with E-state index < -0.39 is 0 Å². The minimum Gasteiger partial charge on any atom is -0.489 e. The number of amides is 1. The molecule has 116 valence electrons. The molecule has 1 aliphatic rings. The summed E-state index contributed by atoms with van der Waals surface area (Å²) in [6.07, 6.45) is 0.0657. The van der Waals surface area contributed by atoms with Crippen LogP contribution in [-0.2, 0) is 0 Å². The first kappa shape index (κ1) is 15.6. The van der Waals surface area contributed by atoms with E-state index >= 15 is 0 Å². The first-order valence-corrected chi connectivity index (χ1v) is 7.59. The van der Waals surface area contributed by atoms with Crippen molar-refractivity contribution in [3.63, 3.8) is 0 Å². The molecule has 0 radical (unpaired) electrons. The highest BCUT2D eigenvalue weighted by Gasteiger charge is 2.21. The molecule has 1 saturated heterocycles. The van der Waals surface area contributed by atoms with Crippen molar-refractivity contribution in [1.82, 2.24) is 9.80 Å². The Hall–Kier alpha value is -1.75. The molecule has 1 amide bonds. The molecule has 1 fully saturated rings. The summed E-state index contributed by atoms with van der Waals surface area (Å²) >= 11 is 0. The number of nitrogens with zero attached hydrogens (tertiary/aromatic N) is 2. The Labute approximate surface area is 126 Å². The van der Waals surface area contributed by atoms with E-state index in [1.54, 1.807) is 18.2 Å². The lowest BCUT2D eigenvalue weighted by Gasteiger charge is -2.34. The maximum atomic E-state index is 12.5. The molecule has 0 spiro atoms. The fourth-order valence-corrected chi connectivity index (χ4v) is 2.49. The standard InChI is InChI=1S/C16H25N3O2/c1-4-18-7-9-19(10-8-18)16(20)13-5-6-15(14(17)11-13)21-12(2)3/h5-6,11-12H,4,7-10,17H2,1-3H3. The predicted octanol–water partition coefficient (Wildman–Crippen LogP) is 1.83. The van der Waals surface area contributed by atoms with Crippen LogP contribution < -0.4 is 10.5 Å². The van der Waals surface area contributed by atoms with Crippen molar-refractivity contribution in [2.45, 2.75) is 26.9 Å². The topological polar surface area (TPSA) is 58.8 Å². The number of nitrogen functional groups attached to an aromatic ring is 1. The molecule has 0 atom stereocenters. The predicted molar refractivity (Wildman–Crippen MR) is 84.6 cm³/mol. The number of nitrogens with two attached hydrogens (primary N) is 1. The number of ether oxygens (including phenoxy) is 1. The monoisotopic (exact) mass is 291 g/mol. The summed E-state index contributed by atoms with van der Waals surface area (Å²) in [5.41, 5.74) is 7.13. The highest BCUT2D eigenvalue weighted by Crippen LogP contribution is 2.24. The molecule has 0 aromatic heterocycles. The number of hydrogen-bond acceptors (Lipinski definition) is 4. The van der Waals surface area contributed by atoms with Gasteiger partial charge in [-0.1, -0.05) is 6.92 Å². The van der Waals surface area contributed by atoms with Gasteiger partial charge in [-0.25, -0.2) is 0 Å². The van der Waals surface area contributed by atoms with E-state index in [4.69, 9.17) is 10.5 Å². The molecule has 1 aliphatic heterocycles. The number of carbonyl (C=O) groups is 1. The normalized spacial score (nSPS) is 16.3. The molecule has 0 saturated carbocycles. The third-order valence-corrected chi connectivity index (χ3v) is 3.73. The van der Waals surface area contributed by atoms with Gasteiger partial charge in [-0.05, 0) is 38.6 Å². The van der Waals surface area contributed by atoms with Crippen LogP contribution in [0.3, 0.4) is 0 Å². The van der Waals surface area contributed by atoms with Gasteiger partial charge in [0.1, 0.15) is 5.75 Å². The smallest absolute Gasteiger partial charge is 0.254 e. The van der Waals surface area contributed by atoms with Gasteiger partial charge >= 0.3 is 0 Å². The highest BCUT2D eigenvalue weighted by molar-refractivity contribution is 5.95. The largest absolute Gasteiger partial charge is 0.489 e. The zero-order chi connectivity index (χ0) is 15.4. The van der Waals surface area contributed by atoms with Crippen LogP contribution in [0, 0.1) is 0 Å². The van der Waals surface area contributed by atoms with E-state index in [1.807, 2.05) is 18.7 Å². The van der Waals surface area contributed by atoms with Gasteiger partial charge in [0, 0.05) is 31.7 Å². The van der Waals surface area contributed by atoms with Crippen molar-refractivity contribution in [3.8, 4) is 5.75 Å². The lowest BCUT2D eigenvalue weighted by Crippen LogP contribution is -2.48. The number of hydrogen-bond donors (Lipinski definition) is 1. The van der Waals surface area contributed by atoms with Crippen molar-refractivity contribution in [1.29, 1.82) is 0 Å². The molecule has 0 aliphatic carbocycles. The summed E-state index contributed by atoms with van der Waals surface area (Å²) < 4.78 is 5.60. The van der Waals surface area contributed by atoms with E-state index in [-0.39, 0.29) is 12.0 Å². The molecule has 1 heterocycles. The molecule has 0 unspecified atom stereocenters. The van der Waals surface area contributed by atoms with Crippen molar-refractivity contribution < 1.29 is 9.53 Å². The van der Waals surface area contributed by atoms with Crippen LogP contribution >= 0.6 is 0 Å². The van der Waals surface area contributed by atoms with Crippen LogP contribution in [0.2, 0.25) is 0 Å². The highest BCUT2D eigenvalue weighted by atomic mass is 16.5. The Balaban J connectivity index is 2.04. The maximum absolute atomic E-state index is 12.5. The molecule has 1 aromatic carbocycles. The number of anilines is 1. The van der Waals surface area contributed by atoms with E-state index in [1.165, 1.54) is 0 Å². The van der Waals surface area contributed by atoms with Gasteiger partial charge in [0.05, 0.1) is 11.8 Å². The molecular weight excluding hydrogens is 266 g/mol. The maximum Gasteiger partial charge on any atom is 0.254 e. The molecule has 5 heteroatoms. The molecule has 5 nitrogen and oxygen atoms in total. The average Bonchev–Trinajstić information content (AvgIpc) is 2.48. The first-order chi connectivity index (χ1) is 10.0. The van der Waals surface area contributed by atoms with Gasteiger partial charge in [-0.2, -0.15) is 0 Å². The summed E-state index contributed by atoms with van der Waals surface area (Å²) in [5.74, 6) is 0.686. The third-order valence-electron chi connectivity index (χ3n) is 3.73. The molecule has 2 rings (SSSR count). The second-order valence-corrected chi connectivity index (χ2v) is 5.65. The molecular formula is C16H25N3O2. The number of rotatable bonds is 4. The Morgan fingerprint density at radius 2 is 1.95 bits per heavy atom. The van der Waals surface area contributed by atoms with Crippen LogP contribution in [0.5, 0.6) is 5.75 Å². The fraction of sp³-hybridized carbons (Fsp3) is 0.562. The summed E-state index contributed by atoms with van der Waals surface area (Å²) in [7, 11) is 0.